The second-order valence-corrected chi connectivity index (χ2v) is 7.64. The molecular weight excluding hydrogens is 342 g/mol. The normalized spacial score (nSPS) is 22.4. The van der Waals surface area contributed by atoms with Gasteiger partial charge in [0.15, 0.2) is 0 Å². The number of pyridine rings is 1. The fraction of sp³-hybridized carbons (Fsp3) is 0.714. The Morgan fingerprint density at radius 2 is 1.89 bits per heavy atom. The number of aryl methyl sites for hydroxylation is 1. The number of aromatic nitrogens is 1. The van der Waals surface area contributed by atoms with E-state index in [1.54, 1.807) is 4.57 Å². The highest BCUT2D eigenvalue weighted by molar-refractivity contribution is 5.67. The number of rotatable bonds is 4. The molecule has 0 saturated carbocycles. The Kier molecular flexibility index (Phi) is 6.94. The molecule has 3 rings (SSSR count). The van der Waals surface area contributed by atoms with Crippen molar-refractivity contribution < 1.29 is 9.53 Å². The van der Waals surface area contributed by atoms with Crippen LogP contribution in [0.2, 0.25) is 0 Å². The first kappa shape index (κ1) is 19.9. The van der Waals surface area contributed by atoms with Crippen LogP contribution in [-0.4, -0.2) is 59.3 Å². The maximum atomic E-state index is 12.6. The Hall–Kier alpha value is -1.82. The third-order valence-corrected chi connectivity index (χ3v) is 6.10. The van der Waals surface area contributed by atoms with E-state index in [0.717, 1.165) is 70.4 Å². The lowest BCUT2D eigenvalue weighted by atomic mass is 9.89. The molecule has 1 unspecified atom stereocenters. The molecular formula is C21H33N3O3. The second kappa shape index (κ2) is 9.40. The van der Waals surface area contributed by atoms with Gasteiger partial charge in [-0.25, -0.2) is 4.79 Å². The fourth-order valence-corrected chi connectivity index (χ4v) is 4.53. The number of hydrogen-bond donors (Lipinski definition) is 0. The summed E-state index contributed by atoms with van der Waals surface area (Å²) < 4.78 is 6.96. The van der Waals surface area contributed by atoms with Crippen LogP contribution in [0.25, 0.3) is 0 Å². The Balaban J connectivity index is 1.55. The van der Waals surface area contributed by atoms with Crippen LogP contribution in [0, 0.1) is 0 Å². The molecule has 3 heterocycles. The first-order chi connectivity index (χ1) is 13.1. The highest BCUT2D eigenvalue weighted by Gasteiger charge is 2.29. The van der Waals surface area contributed by atoms with Gasteiger partial charge >= 0.3 is 6.09 Å². The van der Waals surface area contributed by atoms with Gasteiger partial charge in [0.2, 0.25) is 0 Å². The molecule has 1 aromatic rings. The molecule has 6 nitrogen and oxygen atoms in total. The van der Waals surface area contributed by atoms with Crippen molar-refractivity contribution in [2.75, 3.05) is 32.8 Å². The average Bonchev–Trinajstić information content (AvgIpc) is 2.95. The van der Waals surface area contributed by atoms with E-state index in [9.17, 15) is 9.59 Å². The monoisotopic (exact) mass is 375 g/mol. The smallest absolute Gasteiger partial charge is 0.409 e. The van der Waals surface area contributed by atoms with Crippen molar-refractivity contribution in [2.45, 2.75) is 64.5 Å². The van der Waals surface area contributed by atoms with Gasteiger partial charge in [-0.05, 0) is 71.0 Å². The molecule has 0 aromatic carbocycles. The van der Waals surface area contributed by atoms with Gasteiger partial charge in [-0.15, -0.1) is 0 Å². The number of hydrogen-bond acceptors (Lipinski definition) is 4. The largest absolute Gasteiger partial charge is 0.450 e. The Labute approximate surface area is 162 Å². The van der Waals surface area contributed by atoms with E-state index in [0.29, 0.717) is 18.6 Å². The summed E-state index contributed by atoms with van der Waals surface area (Å²) in [6.07, 6.45) is 6.97. The van der Waals surface area contributed by atoms with Crippen molar-refractivity contribution in [3.8, 4) is 0 Å². The number of carbonyl (C=O) groups is 1. The molecule has 2 saturated heterocycles. The van der Waals surface area contributed by atoms with Crippen LogP contribution in [-0.2, 0) is 11.3 Å². The second-order valence-electron chi connectivity index (χ2n) is 7.64. The highest BCUT2D eigenvalue weighted by Crippen LogP contribution is 2.29. The number of nitrogens with zero attached hydrogens (tertiary/aromatic N) is 3. The first-order valence-corrected chi connectivity index (χ1v) is 10.5. The highest BCUT2D eigenvalue weighted by atomic mass is 16.6. The van der Waals surface area contributed by atoms with Crippen molar-refractivity contribution in [2.24, 2.45) is 0 Å². The lowest BCUT2D eigenvalue weighted by Crippen LogP contribution is -2.42. The van der Waals surface area contributed by atoms with Gasteiger partial charge in [-0.3, -0.25) is 4.79 Å². The van der Waals surface area contributed by atoms with E-state index in [4.69, 9.17) is 4.74 Å². The summed E-state index contributed by atoms with van der Waals surface area (Å²) in [7, 11) is 0. The third-order valence-electron chi connectivity index (χ3n) is 6.10. The number of likely N-dealkylation sites (tertiary alicyclic amines) is 2. The topological polar surface area (TPSA) is 54.8 Å². The first-order valence-electron chi connectivity index (χ1n) is 10.5. The standard InChI is InChI=1S/C21H33N3O3/c1-3-22-12-6-8-19(20(22)25)17-9-14-23(15-10-17)18-7-5-13-24(16-11-18)21(26)27-4-2/h6,8,12,17-18H,3-5,7,9-11,13-16H2,1-2H3. The van der Waals surface area contributed by atoms with E-state index in [-0.39, 0.29) is 11.7 Å². The van der Waals surface area contributed by atoms with Crippen LogP contribution < -0.4 is 5.56 Å². The van der Waals surface area contributed by atoms with Crippen LogP contribution in [0.3, 0.4) is 0 Å². The van der Waals surface area contributed by atoms with Gasteiger partial charge in [0.1, 0.15) is 0 Å². The number of piperidine rings is 1. The number of ether oxygens (including phenoxy) is 1. The van der Waals surface area contributed by atoms with Crippen LogP contribution in [0.1, 0.15) is 57.4 Å². The molecule has 1 aromatic heterocycles. The van der Waals surface area contributed by atoms with E-state index in [1.165, 1.54) is 0 Å². The predicted molar refractivity (Wildman–Crippen MR) is 106 cm³/mol. The van der Waals surface area contributed by atoms with Gasteiger partial charge in [0, 0.05) is 37.4 Å². The van der Waals surface area contributed by atoms with Gasteiger partial charge < -0.3 is 19.1 Å². The zero-order valence-corrected chi connectivity index (χ0v) is 16.7. The lowest BCUT2D eigenvalue weighted by Gasteiger charge is -2.37. The molecule has 2 aliphatic rings. The van der Waals surface area contributed by atoms with Crippen molar-refractivity contribution in [1.82, 2.24) is 14.4 Å². The maximum Gasteiger partial charge on any atom is 0.409 e. The molecule has 0 bridgehead atoms. The molecule has 2 fully saturated rings. The average molecular weight is 376 g/mol. The minimum absolute atomic E-state index is 0.173. The van der Waals surface area contributed by atoms with E-state index in [1.807, 2.05) is 37.1 Å². The quantitative estimate of drug-likeness (QED) is 0.812. The van der Waals surface area contributed by atoms with Crippen molar-refractivity contribution >= 4 is 6.09 Å². The van der Waals surface area contributed by atoms with Crippen LogP contribution >= 0.6 is 0 Å². The summed E-state index contributed by atoms with van der Waals surface area (Å²) in [6, 6.07) is 4.55. The van der Waals surface area contributed by atoms with E-state index < -0.39 is 0 Å². The minimum Gasteiger partial charge on any atom is -0.450 e. The maximum absolute atomic E-state index is 12.6. The summed E-state index contributed by atoms with van der Waals surface area (Å²) >= 11 is 0. The summed E-state index contributed by atoms with van der Waals surface area (Å²) in [5, 5.41) is 0. The molecule has 0 aliphatic carbocycles. The van der Waals surface area contributed by atoms with E-state index in [2.05, 4.69) is 4.90 Å². The lowest BCUT2D eigenvalue weighted by molar-refractivity contribution is 0.105. The van der Waals surface area contributed by atoms with Crippen LogP contribution in [0.15, 0.2) is 23.1 Å². The summed E-state index contributed by atoms with van der Waals surface area (Å²) in [5.41, 5.74) is 1.16. The SMILES string of the molecule is CCOC(=O)N1CCCC(N2CCC(c3cccn(CC)c3=O)CC2)CC1. The van der Waals surface area contributed by atoms with Gasteiger partial charge in [-0.2, -0.15) is 0 Å². The summed E-state index contributed by atoms with van der Waals surface area (Å²) in [4.78, 5) is 29.0. The van der Waals surface area contributed by atoms with Crippen molar-refractivity contribution in [3.63, 3.8) is 0 Å². The third kappa shape index (κ3) is 4.72. The van der Waals surface area contributed by atoms with Crippen LogP contribution in [0.4, 0.5) is 4.79 Å². The van der Waals surface area contributed by atoms with Crippen molar-refractivity contribution in [3.05, 3.63) is 34.2 Å². The van der Waals surface area contributed by atoms with Gasteiger partial charge in [0.05, 0.1) is 6.61 Å². The van der Waals surface area contributed by atoms with Gasteiger partial charge in [-0.1, -0.05) is 6.07 Å². The Morgan fingerprint density at radius 1 is 1.11 bits per heavy atom. The molecule has 2 aliphatic heterocycles. The molecule has 27 heavy (non-hydrogen) atoms. The van der Waals surface area contributed by atoms with E-state index >= 15 is 0 Å². The predicted octanol–water partition coefficient (Wildman–Crippen LogP) is 3.06. The Bertz CT molecular complexity index is 679. The minimum atomic E-state index is -0.173. The zero-order chi connectivity index (χ0) is 19.2. The molecule has 1 atom stereocenters. The number of carbonyl (C=O) groups excluding carboxylic acids is 1. The van der Waals surface area contributed by atoms with Crippen LogP contribution in [0.5, 0.6) is 0 Å². The number of amides is 1. The molecule has 0 radical (unpaired) electrons. The molecule has 150 valence electrons. The fourth-order valence-electron chi connectivity index (χ4n) is 4.53. The molecule has 0 spiro atoms. The molecule has 1 amide bonds. The molecule has 0 N–H and O–H groups in total. The molecule has 6 heteroatoms. The summed E-state index contributed by atoms with van der Waals surface area (Å²) in [5.74, 6) is 0.370. The Morgan fingerprint density at radius 3 is 2.59 bits per heavy atom. The van der Waals surface area contributed by atoms with Gasteiger partial charge in [0.25, 0.3) is 5.56 Å². The zero-order valence-electron chi connectivity index (χ0n) is 16.7. The van der Waals surface area contributed by atoms with Crippen molar-refractivity contribution in [1.29, 1.82) is 0 Å². The summed E-state index contributed by atoms with van der Waals surface area (Å²) in [6.45, 7) is 8.68.